The molecular formula is C12H19N3O4. The topological polar surface area (TPSA) is 90.0 Å². The van der Waals surface area contributed by atoms with Gasteiger partial charge in [-0.1, -0.05) is 12.8 Å². The Morgan fingerprint density at radius 1 is 1.42 bits per heavy atom. The van der Waals surface area contributed by atoms with Crippen molar-refractivity contribution >= 4 is 17.8 Å². The first kappa shape index (κ1) is 13.8. The number of nitrogens with one attached hydrogen (secondary N) is 1. The number of likely N-dealkylation sites (N-methyl/N-ethyl adjacent to an activating group) is 1. The van der Waals surface area contributed by atoms with E-state index in [0.717, 1.165) is 24.2 Å². The van der Waals surface area contributed by atoms with Crippen LogP contribution in [0.2, 0.25) is 0 Å². The maximum Gasteiger partial charge on any atom is 0.325 e. The predicted octanol–water partition coefficient (Wildman–Crippen LogP) is -0.700. The van der Waals surface area contributed by atoms with Crippen molar-refractivity contribution in [3.8, 4) is 0 Å². The van der Waals surface area contributed by atoms with Crippen LogP contribution < -0.4 is 5.32 Å². The fraction of sp³-hybridized carbons (Fsp3) is 0.750. The molecule has 2 N–H and O–H groups in total. The number of carbonyl (C=O) groups is 3. The lowest BCUT2D eigenvalue weighted by atomic mass is 9.91. The van der Waals surface area contributed by atoms with Crippen LogP contribution in [0.4, 0.5) is 4.79 Å². The summed E-state index contributed by atoms with van der Waals surface area (Å²) < 4.78 is 0. The molecule has 0 aromatic rings. The molecular weight excluding hydrogens is 250 g/mol. The van der Waals surface area contributed by atoms with Crippen molar-refractivity contribution in [2.75, 3.05) is 20.1 Å². The summed E-state index contributed by atoms with van der Waals surface area (Å²) in [6.07, 6.45) is 2.86. The standard InChI is InChI=1S/C12H19N3O4/c1-14(8-4-2-3-5-9(8)16)11(18)7-15-10(17)6-13-12(15)19/h8-9,16H,2-7H2,1H3,(H,13,19). The third kappa shape index (κ3) is 2.86. The Morgan fingerprint density at radius 2 is 2.11 bits per heavy atom. The van der Waals surface area contributed by atoms with Crippen LogP contribution in [0.5, 0.6) is 0 Å². The van der Waals surface area contributed by atoms with Gasteiger partial charge in [-0.2, -0.15) is 0 Å². The molecule has 2 fully saturated rings. The Hall–Kier alpha value is -1.63. The minimum atomic E-state index is -0.532. The van der Waals surface area contributed by atoms with Gasteiger partial charge in [0.05, 0.1) is 18.7 Å². The average molecular weight is 269 g/mol. The molecule has 19 heavy (non-hydrogen) atoms. The number of hydrogen-bond acceptors (Lipinski definition) is 4. The average Bonchev–Trinajstić information content (AvgIpc) is 2.70. The van der Waals surface area contributed by atoms with Crippen molar-refractivity contribution in [2.45, 2.75) is 37.8 Å². The number of rotatable bonds is 3. The van der Waals surface area contributed by atoms with Crippen molar-refractivity contribution in [3.63, 3.8) is 0 Å². The molecule has 1 aliphatic carbocycles. The van der Waals surface area contributed by atoms with E-state index < -0.39 is 18.0 Å². The molecule has 1 heterocycles. The summed E-state index contributed by atoms with van der Waals surface area (Å²) >= 11 is 0. The first-order chi connectivity index (χ1) is 9.00. The Balaban J connectivity index is 1.95. The number of amides is 4. The number of urea groups is 1. The summed E-state index contributed by atoms with van der Waals surface area (Å²) in [6, 6.07) is -0.752. The Morgan fingerprint density at radius 3 is 2.68 bits per heavy atom. The predicted molar refractivity (Wildman–Crippen MR) is 66.1 cm³/mol. The lowest BCUT2D eigenvalue weighted by Gasteiger charge is -2.35. The smallest absolute Gasteiger partial charge is 0.325 e. The molecule has 7 heteroatoms. The van der Waals surface area contributed by atoms with Gasteiger partial charge in [0.15, 0.2) is 0 Å². The first-order valence-corrected chi connectivity index (χ1v) is 6.52. The molecule has 2 unspecified atom stereocenters. The van der Waals surface area contributed by atoms with Gasteiger partial charge in [-0.15, -0.1) is 0 Å². The highest BCUT2D eigenvalue weighted by molar-refractivity contribution is 6.04. The van der Waals surface area contributed by atoms with Crippen molar-refractivity contribution in [2.24, 2.45) is 0 Å². The van der Waals surface area contributed by atoms with Gasteiger partial charge in [0, 0.05) is 7.05 Å². The molecule has 7 nitrogen and oxygen atoms in total. The summed E-state index contributed by atoms with van der Waals surface area (Å²) in [5.41, 5.74) is 0. The highest BCUT2D eigenvalue weighted by Gasteiger charge is 2.34. The van der Waals surface area contributed by atoms with E-state index in [4.69, 9.17) is 0 Å². The molecule has 2 atom stereocenters. The number of aliphatic hydroxyl groups is 1. The summed E-state index contributed by atoms with van der Waals surface area (Å²) in [5.74, 6) is -0.715. The molecule has 1 saturated heterocycles. The van der Waals surface area contributed by atoms with Gasteiger partial charge >= 0.3 is 6.03 Å². The van der Waals surface area contributed by atoms with Gasteiger partial charge in [-0.25, -0.2) is 4.79 Å². The second-order valence-corrected chi connectivity index (χ2v) is 5.06. The quantitative estimate of drug-likeness (QED) is 0.663. The van der Waals surface area contributed by atoms with Crippen LogP contribution in [-0.2, 0) is 9.59 Å². The van der Waals surface area contributed by atoms with E-state index >= 15 is 0 Å². The molecule has 2 aliphatic rings. The third-order valence-electron chi connectivity index (χ3n) is 3.82. The molecule has 0 radical (unpaired) electrons. The SMILES string of the molecule is CN(C(=O)CN1C(=O)CNC1=O)C1CCCCC1O. The Kier molecular flexibility index (Phi) is 4.04. The largest absolute Gasteiger partial charge is 0.391 e. The molecule has 1 saturated carbocycles. The number of hydrogen-bond donors (Lipinski definition) is 2. The minimum absolute atomic E-state index is 0.0537. The van der Waals surface area contributed by atoms with Crippen molar-refractivity contribution in [1.82, 2.24) is 15.1 Å². The van der Waals surface area contributed by atoms with Crippen LogP contribution >= 0.6 is 0 Å². The van der Waals surface area contributed by atoms with Gasteiger partial charge < -0.3 is 15.3 Å². The number of carbonyl (C=O) groups excluding carboxylic acids is 3. The summed E-state index contributed by atoms with van der Waals surface area (Å²) in [5, 5.41) is 12.3. The van der Waals surface area contributed by atoms with E-state index in [1.165, 1.54) is 4.90 Å². The van der Waals surface area contributed by atoms with E-state index in [9.17, 15) is 19.5 Å². The zero-order chi connectivity index (χ0) is 14.0. The lowest BCUT2D eigenvalue weighted by molar-refractivity contribution is -0.139. The number of imide groups is 1. The molecule has 106 valence electrons. The van der Waals surface area contributed by atoms with Crippen LogP contribution in [0.15, 0.2) is 0 Å². The maximum absolute atomic E-state index is 12.1. The second-order valence-electron chi connectivity index (χ2n) is 5.06. The summed E-state index contributed by atoms with van der Waals surface area (Å²) in [6.45, 7) is -0.313. The molecule has 0 bridgehead atoms. The Bertz CT molecular complexity index is 382. The molecule has 0 spiro atoms. The lowest BCUT2D eigenvalue weighted by Crippen LogP contribution is -2.50. The fourth-order valence-corrected chi connectivity index (χ4v) is 2.59. The van der Waals surface area contributed by atoms with Gasteiger partial charge in [-0.05, 0) is 12.8 Å². The van der Waals surface area contributed by atoms with Crippen LogP contribution in [0.25, 0.3) is 0 Å². The van der Waals surface area contributed by atoms with Crippen molar-refractivity contribution in [1.29, 1.82) is 0 Å². The number of nitrogens with zero attached hydrogens (tertiary/aromatic N) is 2. The van der Waals surface area contributed by atoms with Gasteiger partial charge in [0.1, 0.15) is 6.54 Å². The number of aliphatic hydroxyl groups excluding tert-OH is 1. The summed E-state index contributed by atoms with van der Waals surface area (Å²) in [4.78, 5) is 37.2. The van der Waals surface area contributed by atoms with Gasteiger partial charge in [0.25, 0.3) is 5.91 Å². The fourth-order valence-electron chi connectivity index (χ4n) is 2.59. The van der Waals surface area contributed by atoms with Crippen LogP contribution in [0.3, 0.4) is 0 Å². The molecule has 0 aromatic heterocycles. The van der Waals surface area contributed by atoms with Gasteiger partial charge in [-0.3, -0.25) is 14.5 Å². The third-order valence-corrected chi connectivity index (χ3v) is 3.82. The van der Waals surface area contributed by atoms with Crippen LogP contribution in [-0.4, -0.2) is 65.0 Å². The van der Waals surface area contributed by atoms with E-state index in [1.807, 2.05) is 0 Å². The first-order valence-electron chi connectivity index (χ1n) is 6.52. The minimum Gasteiger partial charge on any atom is -0.391 e. The molecule has 2 rings (SSSR count). The normalized spacial score (nSPS) is 27.4. The van der Waals surface area contributed by atoms with Gasteiger partial charge in [0.2, 0.25) is 5.91 Å². The molecule has 1 aliphatic heterocycles. The van der Waals surface area contributed by atoms with Crippen LogP contribution in [0, 0.1) is 0 Å². The van der Waals surface area contributed by atoms with E-state index in [2.05, 4.69) is 5.32 Å². The second kappa shape index (κ2) is 5.56. The van der Waals surface area contributed by atoms with Crippen molar-refractivity contribution in [3.05, 3.63) is 0 Å². The maximum atomic E-state index is 12.1. The van der Waals surface area contributed by atoms with E-state index in [1.54, 1.807) is 7.05 Å². The van der Waals surface area contributed by atoms with Crippen LogP contribution in [0.1, 0.15) is 25.7 Å². The molecule has 4 amide bonds. The van der Waals surface area contributed by atoms with E-state index in [0.29, 0.717) is 6.42 Å². The zero-order valence-corrected chi connectivity index (χ0v) is 11.0. The summed E-state index contributed by atoms with van der Waals surface area (Å²) in [7, 11) is 1.61. The molecule has 0 aromatic carbocycles. The highest BCUT2D eigenvalue weighted by Crippen LogP contribution is 2.22. The monoisotopic (exact) mass is 269 g/mol. The zero-order valence-electron chi connectivity index (χ0n) is 11.0. The Labute approximate surface area is 111 Å². The highest BCUT2D eigenvalue weighted by atomic mass is 16.3. The van der Waals surface area contributed by atoms with Crippen molar-refractivity contribution < 1.29 is 19.5 Å². The van der Waals surface area contributed by atoms with E-state index in [-0.39, 0.29) is 25.0 Å².